The Morgan fingerprint density at radius 3 is 2.92 bits per heavy atom. The first kappa shape index (κ1) is 15.5. The van der Waals surface area contributed by atoms with Crippen LogP contribution >= 0.6 is 0 Å². The number of rotatable bonds is 3. The molecule has 3 aromatic rings. The zero-order valence-corrected chi connectivity index (χ0v) is 14.4. The largest absolute Gasteiger partial charge is 0.346 e. The molecule has 1 atom stereocenters. The summed E-state index contributed by atoms with van der Waals surface area (Å²) in [7, 11) is -3.23. The van der Waals surface area contributed by atoms with E-state index in [9.17, 15) is 8.42 Å². The van der Waals surface area contributed by atoms with Crippen LogP contribution in [0, 0.1) is 0 Å². The van der Waals surface area contributed by atoms with Crippen LogP contribution in [0.25, 0.3) is 21.9 Å². The fraction of sp³-hybridized carbons (Fsp3) is 0.438. The lowest BCUT2D eigenvalue weighted by atomic mass is 9.99. The number of nitrogens with one attached hydrogen (secondary N) is 1. The van der Waals surface area contributed by atoms with Gasteiger partial charge in [-0.15, -0.1) is 0 Å². The SMILES string of the molecule is CC(C)S(=O)(=O)N1CCC(c2ncnc3cnc4[nH]ccc4c23)C1. The Hall–Kier alpha value is -2.06. The lowest BCUT2D eigenvalue weighted by molar-refractivity contribution is 0.465. The van der Waals surface area contributed by atoms with E-state index in [0.29, 0.717) is 13.1 Å². The van der Waals surface area contributed by atoms with E-state index < -0.39 is 15.3 Å². The monoisotopic (exact) mass is 345 g/mol. The van der Waals surface area contributed by atoms with Crippen molar-refractivity contribution >= 4 is 32.0 Å². The van der Waals surface area contributed by atoms with Crippen LogP contribution in [0.4, 0.5) is 0 Å². The van der Waals surface area contributed by atoms with E-state index in [1.165, 1.54) is 6.33 Å². The summed E-state index contributed by atoms with van der Waals surface area (Å²) >= 11 is 0. The molecule has 4 rings (SSSR count). The van der Waals surface area contributed by atoms with Gasteiger partial charge in [0.15, 0.2) is 0 Å². The van der Waals surface area contributed by atoms with Gasteiger partial charge in [0.1, 0.15) is 12.0 Å². The van der Waals surface area contributed by atoms with Crippen molar-refractivity contribution in [2.24, 2.45) is 0 Å². The summed E-state index contributed by atoms with van der Waals surface area (Å²) in [5, 5.41) is 1.55. The van der Waals surface area contributed by atoms with Crippen molar-refractivity contribution in [1.29, 1.82) is 0 Å². The molecule has 0 amide bonds. The van der Waals surface area contributed by atoms with Crippen LogP contribution in [0.3, 0.4) is 0 Å². The molecular weight excluding hydrogens is 326 g/mol. The summed E-state index contributed by atoms with van der Waals surface area (Å²) in [4.78, 5) is 16.3. The summed E-state index contributed by atoms with van der Waals surface area (Å²) < 4.78 is 26.4. The molecule has 1 saturated heterocycles. The average molecular weight is 345 g/mol. The number of hydrogen-bond acceptors (Lipinski definition) is 5. The van der Waals surface area contributed by atoms with E-state index in [1.807, 2.05) is 12.3 Å². The maximum atomic E-state index is 12.4. The van der Waals surface area contributed by atoms with Crippen LogP contribution in [0.2, 0.25) is 0 Å². The Morgan fingerprint density at radius 2 is 2.12 bits per heavy atom. The van der Waals surface area contributed by atoms with Crippen molar-refractivity contribution in [3.8, 4) is 0 Å². The third-order valence-corrected chi connectivity index (χ3v) is 6.95. The van der Waals surface area contributed by atoms with Gasteiger partial charge in [-0.1, -0.05) is 0 Å². The van der Waals surface area contributed by atoms with Gasteiger partial charge in [0.25, 0.3) is 0 Å². The van der Waals surface area contributed by atoms with Gasteiger partial charge in [-0.25, -0.2) is 27.7 Å². The quantitative estimate of drug-likeness (QED) is 0.784. The molecule has 0 bridgehead atoms. The normalized spacial score (nSPS) is 19.7. The Morgan fingerprint density at radius 1 is 1.29 bits per heavy atom. The molecule has 1 fully saturated rings. The average Bonchev–Trinajstić information content (AvgIpc) is 3.23. The van der Waals surface area contributed by atoms with E-state index >= 15 is 0 Å². The molecule has 3 aromatic heterocycles. The van der Waals surface area contributed by atoms with Gasteiger partial charge in [0, 0.05) is 36.0 Å². The minimum absolute atomic E-state index is 0.0736. The van der Waals surface area contributed by atoms with Crippen molar-refractivity contribution in [2.45, 2.75) is 31.4 Å². The lowest BCUT2D eigenvalue weighted by Gasteiger charge is -2.19. The van der Waals surface area contributed by atoms with E-state index in [2.05, 4.69) is 19.9 Å². The molecule has 1 unspecified atom stereocenters. The molecule has 1 N–H and O–H groups in total. The number of H-pyrrole nitrogens is 1. The van der Waals surface area contributed by atoms with Crippen LogP contribution < -0.4 is 0 Å². The molecule has 4 heterocycles. The fourth-order valence-corrected chi connectivity index (χ4v) is 4.72. The molecule has 0 aromatic carbocycles. The van der Waals surface area contributed by atoms with Gasteiger partial charge in [-0.3, -0.25) is 0 Å². The van der Waals surface area contributed by atoms with Crippen LogP contribution in [0.5, 0.6) is 0 Å². The third-order valence-electron chi connectivity index (χ3n) is 4.71. The van der Waals surface area contributed by atoms with Crippen molar-refractivity contribution in [2.75, 3.05) is 13.1 Å². The predicted octanol–water partition coefficient (Wildman–Crippen LogP) is 2.03. The summed E-state index contributed by atoms with van der Waals surface area (Å²) in [6.45, 7) is 4.45. The molecule has 1 aliphatic rings. The van der Waals surface area contributed by atoms with E-state index in [-0.39, 0.29) is 5.92 Å². The molecule has 0 radical (unpaired) electrons. The van der Waals surface area contributed by atoms with Gasteiger partial charge >= 0.3 is 0 Å². The first-order valence-corrected chi connectivity index (χ1v) is 9.54. The zero-order chi connectivity index (χ0) is 16.9. The Balaban J connectivity index is 1.79. The second kappa shape index (κ2) is 5.49. The van der Waals surface area contributed by atoms with Gasteiger partial charge in [-0.05, 0) is 26.3 Å². The molecule has 7 nitrogen and oxygen atoms in total. The number of nitrogens with zero attached hydrogens (tertiary/aromatic N) is 4. The Bertz CT molecular complexity index is 1010. The number of fused-ring (bicyclic) bond motifs is 3. The highest BCUT2D eigenvalue weighted by molar-refractivity contribution is 7.89. The van der Waals surface area contributed by atoms with Crippen molar-refractivity contribution < 1.29 is 8.42 Å². The smallest absolute Gasteiger partial charge is 0.216 e. The summed E-state index contributed by atoms with van der Waals surface area (Å²) in [6.07, 6.45) is 5.89. The summed E-state index contributed by atoms with van der Waals surface area (Å²) in [6, 6.07) is 1.97. The van der Waals surface area contributed by atoms with Crippen LogP contribution in [0.15, 0.2) is 24.8 Å². The molecule has 1 aliphatic heterocycles. The fourth-order valence-electron chi connectivity index (χ4n) is 3.37. The van der Waals surface area contributed by atoms with E-state index in [0.717, 1.165) is 34.1 Å². The maximum absolute atomic E-state index is 12.4. The van der Waals surface area contributed by atoms with Crippen molar-refractivity contribution in [3.63, 3.8) is 0 Å². The van der Waals surface area contributed by atoms with Gasteiger partial charge in [0.05, 0.1) is 22.7 Å². The maximum Gasteiger partial charge on any atom is 0.216 e. The number of pyridine rings is 1. The van der Waals surface area contributed by atoms with E-state index in [1.54, 1.807) is 24.3 Å². The van der Waals surface area contributed by atoms with Crippen molar-refractivity contribution in [3.05, 3.63) is 30.5 Å². The first-order chi connectivity index (χ1) is 11.5. The summed E-state index contributed by atoms with van der Waals surface area (Å²) in [5.41, 5.74) is 2.49. The molecule has 0 spiro atoms. The van der Waals surface area contributed by atoms with Crippen LogP contribution in [-0.4, -0.2) is 51.0 Å². The Kier molecular flexibility index (Phi) is 3.54. The van der Waals surface area contributed by atoms with Crippen LogP contribution in [-0.2, 0) is 10.0 Å². The van der Waals surface area contributed by atoms with Gasteiger partial charge in [0.2, 0.25) is 10.0 Å². The molecular formula is C16H19N5O2S. The molecule has 24 heavy (non-hydrogen) atoms. The van der Waals surface area contributed by atoms with Gasteiger partial charge in [-0.2, -0.15) is 0 Å². The predicted molar refractivity (Wildman–Crippen MR) is 92.2 cm³/mol. The second-order valence-corrected chi connectivity index (χ2v) is 8.94. The molecule has 0 aliphatic carbocycles. The topological polar surface area (TPSA) is 91.8 Å². The number of aromatic amines is 1. The molecule has 126 valence electrons. The number of aromatic nitrogens is 4. The molecule has 0 saturated carbocycles. The van der Waals surface area contributed by atoms with Crippen LogP contribution in [0.1, 0.15) is 31.9 Å². The summed E-state index contributed by atoms with van der Waals surface area (Å²) in [5.74, 6) is 0.0736. The highest BCUT2D eigenvalue weighted by Gasteiger charge is 2.35. The van der Waals surface area contributed by atoms with E-state index in [4.69, 9.17) is 0 Å². The lowest BCUT2D eigenvalue weighted by Crippen LogP contribution is -2.34. The number of sulfonamides is 1. The second-order valence-electron chi connectivity index (χ2n) is 6.45. The highest BCUT2D eigenvalue weighted by atomic mass is 32.2. The first-order valence-electron chi connectivity index (χ1n) is 8.04. The van der Waals surface area contributed by atoms with Gasteiger partial charge < -0.3 is 4.98 Å². The Labute approximate surface area is 140 Å². The number of hydrogen-bond donors (Lipinski definition) is 1. The third kappa shape index (κ3) is 2.29. The highest BCUT2D eigenvalue weighted by Crippen LogP contribution is 2.34. The minimum Gasteiger partial charge on any atom is -0.346 e. The zero-order valence-electron chi connectivity index (χ0n) is 13.6. The standard InChI is InChI=1S/C16H19N5O2S/c1-10(2)24(22,23)21-6-4-11(8-21)15-14-12-3-5-17-16(12)18-7-13(14)19-9-20-15/h3,5,7,9-11H,4,6,8H2,1-2H3,(H,17,18). The minimum atomic E-state index is -3.23. The molecule has 8 heteroatoms. The van der Waals surface area contributed by atoms with Crippen molar-refractivity contribution in [1.82, 2.24) is 24.2 Å².